The second kappa shape index (κ2) is 7.53. The molecule has 0 radical (unpaired) electrons. The summed E-state index contributed by atoms with van der Waals surface area (Å²) >= 11 is 0. The summed E-state index contributed by atoms with van der Waals surface area (Å²) < 4.78 is 27.9. The molecule has 1 aromatic carbocycles. The fraction of sp³-hybridized carbons (Fsp3) is 0.562. The smallest absolute Gasteiger partial charge is 0.232 e. The Morgan fingerprint density at radius 3 is 2.52 bits per heavy atom. The average molecular weight is 360 g/mol. The molecule has 1 aliphatic rings. The Bertz CT molecular complexity index is 643. The Balaban J connectivity index is 1.90. The van der Waals surface area contributed by atoms with Gasteiger partial charge in [0.2, 0.25) is 15.0 Å². The van der Waals surface area contributed by atoms with Crippen molar-refractivity contribution in [3.8, 4) is 5.75 Å². The molecule has 1 heterocycles. The number of amides is 1. The lowest BCUT2D eigenvalue weighted by Crippen LogP contribution is -2.25. The molecule has 1 aliphatic heterocycles. The third-order valence-corrected chi connectivity index (χ3v) is 4.86. The largest absolute Gasteiger partial charge is 0.493 e. The molecule has 1 unspecified atom stereocenters. The molecule has 1 saturated heterocycles. The molecule has 0 spiro atoms. The molecule has 0 bridgehead atoms. The van der Waals surface area contributed by atoms with Crippen molar-refractivity contribution < 1.29 is 17.9 Å². The van der Waals surface area contributed by atoms with Crippen molar-refractivity contribution in [3.63, 3.8) is 0 Å². The summed E-state index contributed by atoms with van der Waals surface area (Å²) in [5.74, 6) is 0.862. The summed E-state index contributed by atoms with van der Waals surface area (Å²) in [7, 11) is 1.70. The Labute approximate surface area is 142 Å². The van der Waals surface area contributed by atoms with E-state index >= 15 is 0 Å². The highest BCUT2D eigenvalue weighted by Gasteiger charge is 2.32. The van der Waals surface area contributed by atoms with Crippen LogP contribution in [0.2, 0.25) is 0 Å². The van der Waals surface area contributed by atoms with Crippen LogP contribution in [0.3, 0.4) is 0 Å². The fourth-order valence-corrected chi connectivity index (χ4v) is 3.90. The molecule has 128 valence electrons. The third-order valence-electron chi connectivity index (χ3n) is 3.61. The van der Waals surface area contributed by atoms with Gasteiger partial charge in [0.1, 0.15) is 5.75 Å². The summed E-state index contributed by atoms with van der Waals surface area (Å²) in [6, 6.07) is 7.63. The van der Waals surface area contributed by atoms with Gasteiger partial charge in [0.15, 0.2) is 0 Å². The molecule has 1 fully saturated rings. The van der Waals surface area contributed by atoms with E-state index in [1.54, 1.807) is 4.90 Å². The lowest BCUT2D eigenvalue weighted by Gasteiger charge is -2.17. The van der Waals surface area contributed by atoms with Gasteiger partial charge in [-0.2, -0.15) is 0 Å². The molecule has 5 nitrogen and oxygen atoms in total. The van der Waals surface area contributed by atoms with E-state index in [1.165, 1.54) is 0 Å². The minimum atomic E-state index is -3.57. The number of benzene rings is 1. The molecular formula is C16H22ClNO4S. The topological polar surface area (TPSA) is 63.7 Å². The summed E-state index contributed by atoms with van der Waals surface area (Å²) in [4.78, 5) is 13.7. The number of carbonyl (C=O) groups is 1. The number of likely N-dealkylation sites (tertiary alicyclic amines) is 1. The monoisotopic (exact) mass is 359 g/mol. The van der Waals surface area contributed by atoms with Crippen LogP contribution in [-0.2, 0) is 20.4 Å². The molecule has 2 rings (SSSR count). The zero-order valence-electron chi connectivity index (χ0n) is 13.4. The first-order valence-corrected chi connectivity index (χ1v) is 10.1. The van der Waals surface area contributed by atoms with Crippen LogP contribution in [0.5, 0.6) is 5.75 Å². The van der Waals surface area contributed by atoms with Crippen LogP contribution < -0.4 is 4.74 Å². The van der Waals surface area contributed by atoms with E-state index in [-0.39, 0.29) is 24.0 Å². The number of halogens is 1. The van der Waals surface area contributed by atoms with Crippen molar-refractivity contribution in [2.45, 2.75) is 26.8 Å². The van der Waals surface area contributed by atoms with Gasteiger partial charge in [-0.3, -0.25) is 4.79 Å². The van der Waals surface area contributed by atoms with Crippen molar-refractivity contribution >= 4 is 25.6 Å². The normalized spacial score (nSPS) is 18.7. The lowest BCUT2D eigenvalue weighted by atomic mass is 10.1. The number of nitrogens with zero attached hydrogens (tertiary/aromatic N) is 1. The molecule has 1 aromatic rings. The zero-order chi connectivity index (χ0) is 17.0. The van der Waals surface area contributed by atoms with Crippen LogP contribution in [0.1, 0.15) is 25.8 Å². The summed E-state index contributed by atoms with van der Waals surface area (Å²) in [5, 5.41) is 0. The quantitative estimate of drug-likeness (QED) is 0.702. The first-order chi connectivity index (χ1) is 10.7. The average Bonchev–Trinajstić information content (AvgIpc) is 2.75. The maximum Gasteiger partial charge on any atom is 0.232 e. The van der Waals surface area contributed by atoms with Crippen molar-refractivity contribution in [1.82, 2.24) is 4.90 Å². The Hall–Kier alpha value is -1.27. The maximum atomic E-state index is 12.0. The lowest BCUT2D eigenvalue weighted by molar-refractivity contribution is -0.128. The second-order valence-corrected chi connectivity index (χ2v) is 9.22. The minimum absolute atomic E-state index is 0.0320. The molecule has 1 amide bonds. The van der Waals surface area contributed by atoms with E-state index < -0.39 is 9.05 Å². The van der Waals surface area contributed by atoms with Gasteiger partial charge in [-0.1, -0.05) is 26.0 Å². The Morgan fingerprint density at radius 2 is 1.96 bits per heavy atom. The summed E-state index contributed by atoms with van der Waals surface area (Å²) in [6.45, 7) is 5.74. The van der Waals surface area contributed by atoms with E-state index in [4.69, 9.17) is 15.4 Å². The van der Waals surface area contributed by atoms with Crippen molar-refractivity contribution in [2.75, 3.05) is 18.9 Å². The predicted octanol–water partition coefficient (Wildman–Crippen LogP) is 2.64. The number of rotatable bonds is 7. The fourth-order valence-electron chi connectivity index (χ4n) is 2.57. The Morgan fingerprint density at radius 1 is 1.30 bits per heavy atom. The van der Waals surface area contributed by atoms with Crippen molar-refractivity contribution in [3.05, 3.63) is 29.8 Å². The maximum absolute atomic E-state index is 12.0. The van der Waals surface area contributed by atoms with Gasteiger partial charge in [0, 0.05) is 36.1 Å². The highest BCUT2D eigenvalue weighted by atomic mass is 35.7. The van der Waals surface area contributed by atoms with Gasteiger partial charge in [0.25, 0.3) is 0 Å². The van der Waals surface area contributed by atoms with Gasteiger partial charge >= 0.3 is 0 Å². The van der Waals surface area contributed by atoms with Gasteiger partial charge in [-0.25, -0.2) is 8.42 Å². The molecule has 7 heteroatoms. The van der Waals surface area contributed by atoms with Gasteiger partial charge in [0.05, 0.1) is 12.4 Å². The zero-order valence-corrected chi connectivity index (χ0v) is 14.9. The van der Waals surface area contributed by atoms with Gasteiger partial charge in [-0.05, 0) is 23.6 Å². The second-order valence-electron chi connectivity index (χ2n) is 6.40. The summed E-state index contributed by atoms with van der Waals surface area (Å²) in [5.41, 5.74) is 0.990. The SMILES string of the molecule is CC(C)COc1ccc(CN2CC(CS(=O)(=O)Cl)CC2=O)cc1. The molecular weight excluding hydrogens is 338 g/mol. The van der Waals surface area contributed by atoms with E-state index in [1.807, 2.05) is 24.3 Å². The number of hydrogen-bond donors (Lipinski definition) is 0. The van der Waals surface area contributed by atoms with Crippen LogP contribution >= 0.6 is 10.7 Å². The van der Waals surface area contributed by atoms with E-state index in [9.17, 15) is 13.2 Å². The first-order valence-electron chi connectivity index (χ1n) is 7.65. The van der Waals surface area contributed by atoms with E-state index in [0.29, 0.717) is 25.6 Å². The van der Waals surface area contributed by atoms with Crippen LogP contribution in [0.4, 0.5) is 0 Å². The van der Waals surface area contributed by atoms with E-state index in [2.05, 4.69) is 13.8 Å². The Kier molecular flexibility index (Phi) is 5.92. The van der Waals surface area contributed by atoms with Crippen LogP contribution in [0.15, 0.2) is 24.3 Å². The molecule has 0 aromatic heterocycles. The highest BCUT2D eigenvalue weighted by Crippen LogP contribution is 2.23. The molecule has 23 heavy (non-hydrogen) atoms. The van der Waals surface area contributed by atoms with Crippen LogP contribution in [0, 0.1) is 11.8 Å². The molecule has 0 aliphatic carbocycles. The summed E-state index contributed by atoms with van der Waals surface area (Å²) in [6.07, 6.45) is 0.238. The van der Waals surface area contributed by atoms with Crippen LogP contribution in [-0.4, -0.2) is 38.1 Å². The number of ether oxygens (including phenoxy) is 1. The minimum Gasteiger partial charge on any atom is -0.493 e. The van der Waals surface area contributed by atoms with Crippen molar-refractivity contribution in [2.24, 2.45) is 11.8 Å². The standard InChI is InChI=1S/C16H22ClNO4S/c1-12(2)10-22-15-5-3-13(4-6-15)8-18-9-14(7-16(18)19)11-23(17,20)21/h3-6,12,14H,7-11H2,1-2H3. The third kappa shape index (κ3) is 6.03. The number of carbonyl (C=O) groups excluding carboxylic acids is 1. The van der Waals surface area contributed by atoms with Crippen LogP contribution in [0.25, 0.3) is 0 Å². The molecule has 1 atom stereocenters. The van der Waals surface area contributed by atoms with Gasteiger partial charge in [-0.15, -0.1) is 0 Å². The van der Waals surface area contributed by atoms with Gasteiger partial charge < -0.3 is 9.64 Å². The molecule has 0 N–H and O–H groups in total. The molecule has 0 saturated carbocycles. The highest BCUT2D eigenvalue weighted by molar-refractivity contribution is 8.13. The van der Waals surface area contributed by atoms with E-state index in [0.717, 1.165) is 11.3 Å². The first kappa shape index (κ1) is 18.1. The van der Waals surface area contributed by atoms with Crippen molar-refractivity contribution in [1.29, 1.82) is 0 Å². The number of hydrogen-bond acceptors (Lipinski definition) is 4. The predicted molar refractivity (Wildman–Crippen MR) is 89.9 cm³/mol.